The lowest BCUT2D eigenvalue weighted by Crippen LogP contribution is -2.50. The third-order valence-corrected chi connectivity index (χ3v) is 5.09. The normalized spacial score (nSPS) is 27.0. The minimum atomic E-state index is 0.00595. The molecule has 2 heterocycles. The van der Waals surface area contributed by atoms with Crippen LogP contribution < -0.4 is 4.74 Å². The average Bonchev–Trinajstić information content (AvgIpc) is 2.76. The highest BCUT2D eigenvalue weighted by Crippen LogP contribution is 2.37. The molecule has 6 heteroatoms. The van der Waals surface area contributed by atoms with E-state index < -0.39 is 0 Å². The SMILES string of the molecule is COC1CC2CCC(C1)N2C(=O)COc1ccc(Cl)cc1Cl. The number of methoxy groups -OCH3 is 1. The molecule has 0 aliphatic carbocycles. The molecule has 4 nitrogen and oxygen atoms in total. The number of fused-ring (bicyclic) bond motifs is 2. The molecule has 1 aromatic carbocycles. The lowest BCUT2D eigenvalue weighted by Gasteiger charge is -2.38. The first-order valence-electron chi connectivity index (χ1n) is 7.50. The third kappa shape index (κ3) is 3.19. The zero-order valence-corrected chi connectivity index (χ0v) is 13.9. The number of halogens is 2. The molecule has 3 rings (SSSR count). The van der Waals surface area contributed by atoms with Crippen LogP contribution in [0.2, 0.25) is 10.0 Å². The van der Waals surface area contributed by atoms with Gasteiger partial charge >= 0.3 is 0 Å². The molecule has 0 spiro atoms. The third-order valence-electron chi connectivity index (χ3n) is 4.56. The number of amides is 1. The van der Waals surface area contributed by atoms with Crippen molar-refractivity contribution >= 4 is 29.1 Å². The van der Waals surface area contributed by atoms with Crippen molar-refractivity contribution in [2.24, 2.45) is 0 Å². The maximum Gasteiger partial charge on any atom is 0.261 e. The molecule has 0 aromatic heterocycles. The first-order chi connectivity index (χ1) is 10.6. The summed E-state index contributed by atoms with van der Waals surface area (Å²) in [5.41, 5.74) is 0. The zero-order chi connectivity index (χ0) is 15.7. The van der Waals surface area contributed by atoms with Crippen molar-refractivity contribution in [2.45, 2.75) is 43.9 Å². The number of ether oxygens (including phenoxy) is 2. The van der Waals surface area contributed by atoms with Gasteiger partial charge in [-0.25, -0.2) is 0 Å². The molecule has 2 unspecified atom stereocenters. The molecule has 1 amide bonds. The van der Waals surface area contributed by atoms with Crippen molar-refractivity contribution in [3.63, 3.8) is 0 Å². The lowest BCUT2D eigenvalue weighted by molar-refractivity contribution is -0.140. The minimum Gasteiger partial charge on any atom is -0.482 e. The Morgan fingerprint density at radius 2 is 1.95 bits per heavy atom. The molecule has 2 saturated heterocycles. The predicted molar refractivity (Wildman–Crippen MR) is 85.6 cm³/mol. The second kappa shape index (κ2) is 6.65. The number of rotatable bonds is 4. The highest BCUT2D eigenvalue weighted by atomic mass is 35.5. The van der Waals surface area contributed by atoms with Crippen LogP contribution in [0.1, 0.15) is 25.7 Å². The van der Waals surface area contributed by atoms with E-state index in [-0.39, 0.29) is 30.7 Å². The number of nitrogens with zero attached hydrogens (tertiary/aromatic N) is 1. The summed E-state index contributed by atoms with van der Waals surface area (Å²) in [5.74, 6) is 0.506. The first-order valence-corrected chi connectivity index (χ1v) is 8.26. The van der Waals surface area contributed by atoms with Gasteiger partial charge in [-0.1, -0.05) is 23.2 Å². The van der Waals surface area contributed by atoms with Gasteiger partial charge in [0.1, 0.15) is 5.75 Å². The Bertz CT molecular complexity index is 552. The zero-order valence-electron chi connectivity index (χ0n) is 12.4. The van der Waals surface area contributed by atoms with Crippen molar-refractivity contribution in [3.05, 3.63) is 28.2 Å². The molecule has 2 atom stereocenters. The van der Waals surface area contributed by atoms with E-state index in [4.69, 9.17) is 32.7 Å². The Labute approximate surface area is 140 Å². The topological polar surface area (TPSA) is 38.8 Å². The van der Waals surface area contributed by atoms with Crippen molar-refractivity contribution in [1.82, 2.24) is 4.90 Å². The van der Waals surface area contributed by atoms with Crippen LogP contribution in [-0.2, 0) is 9.53 Å². The van der Waals surface area contributed by atoms with E-state index in [9.17, 15) is 4.79 Å². The van der Waals surface area contributed by atoms with E-state index in [1.54, 1.807) is 25.3 Å². The van der Waals surface area contributed by atoms with Gasteiger partial charge in [0.15, 0.2) is 6.61 Å². The second-order valence-electron chi connectivity index (χ2n) is 5.88. The summed E-state index contributed by atoms with van der Waals surface area (Å²) in [6, 6.07) is 5.54. The van der Waals surface area contributed by atoms with Gasteiger partial charge in [0.2, 0.25) is 0 Å². The number of benzene rings is 1. The molecule has 0 radical (unpaired) electrons. The maximum absolute atomic E-state index is 12.5. The molecular formula is C16H19Cl2NO3. The smallest absolute Gasteiger partial charge is 0.261 e. The van der Waals surface area contributed by atoms with E-state index in [0.717, 1.165) is 25.7 Å². The van der Waals surface area contributed by atoms with Gasteiger partial charge in [-0.3, -0.25) is 4.79 Å². The first kappa shape index (κ1) is 15.9. The molecule has 1 aromatic rings. The van der Waals surface area contributed by atoms with Crippen LogP contribution in [-0.4, -0.2) is 42.7 Å². The number of hydrogen-bond donors (Lipinski definition) is 0. The van der Waals surface area contributed by atoms with E-state index >= 15 is 0 Å². The van der Waals surface area contributed by atoms with Crippen molar-refractivity contribution in [3.8, 4) is 5.75 Å². The van der Waals surface area contributed by atoms with Crippen LogP contribution in [0.25, 0.3) is 0 Å². The fraction of sp³-hybridized carbons (Fsp3) is 0.562. The Morgan fingerprint density at radius 1 is 1.27 bits per heavy atom. The Morgan fingerprint density at radius 3 is 2.55 bits per heavy atom. The Hall–Kier alpha value is -0.970. The molecule has 0 N–H and O–H groups in total. The molecule has 2 aliphatic rings. The summed E-state index contributed by atoms with van der Waals surface area (Å²) < 4.78 is 11.0. The Kier molecular flexibility index (Phi) is 4.81. The van der Waals surface area contributed by atoms with Gasteiger partial charge in [0, 0.05) is 24.2 Å². The lowest BCUT2D eigenvalue weighted by atomic mass is 10.00. The van der Waals surface area contributed by atoms with Crippen molar-refractivity contribution in [1.29, 1.82) is 0 Å². The van der Waals surface area contributed by atoms with Gasteiger partial charge < -0.3 is 14.4 Å². The minimum absolute atomic E-state index is 0.00595. The molecule has 2 aliphatic heterocycles. The van der Waals surface area contributed by atoms with Gasteiger partial charge in [0.25, 0.3) is 5.91 Å². The fourth-order valence-electron chi connectivity index (χ4n) is 3.53. The monoisotopic (exact) mass is 343 g/mol. The standard InChI is InChI=1S/C16H19Cl2NO3/c1-21-13-7-11-3-4-12(8-13)19(11)16(20)9-22-15-5-2-10(17)6-14(15)18/h2,5-6,11-13H,3-4,7-9H2,1H3. The van der Waals surface area contributed by atoms with E-state index in [2.05, 4.69) is 0 Å². The summed E-state index contributed by atoms with van der Waals surface area (Å²) in [7, 11) is 1.74. The van der Waals surface area contributed by atoms with Gasteiger partial charge in [0.05, 0.1) is 11.1 Å². The van der Waals surface area contributed by atoms with Gasteiger partial charge in [-0.05, 0) is 43.9 Å². The predicted octanol–water partition coefficient (Wildman–Crippen LogP) is 3.54. The quantitative estimate of drug-likeness (QED) is 0.839. The van der Waals surface area contributed by atoms with Crippen LogP contribution in [0.4, 0.5) is 0 Å². The van der Waals surface area contributed by atoms with Gasteiger partial charge in [-0.2, -0.15) is 0 Å². The molecule has 0 saturated carbocycles. The summed E-state index contributed by atoms with van der Waals surface area (Å²) in [6.45, 7) is 0.00595. The maximum atomic E-state index is 12.5. The van der Waals surface area contributed by atoms with Crippen LogP contribution >= 0.6 is 23.2 Å². The largest absolute Gasteiger partial charge is 0.482 e. The molecular weight excluding hydrogens is 325 g/mol. The second-order valence-corrected chi connectivity index (χ2v) is 6.72. The van der Waals surface area contributed by atoms with Crippen LogP contribution in [0.3, 0.4) is 0 Å². The van der Waals surface area contributed by atoms with Crippen LogP contribution in [0, 0.1) is 0 Å². The highest BCUT2D eigenvalue weighted by molar-refractivity contribution is 6.35. The summed E-state index contributed by atoms with van der Waals surface area (Å²) in [6.07, 6.45) is 4.21. The number of piperidine rings is 1. The van der Waals surface area contributed by atoms with E-state index in [1.165, 1.54) is 0 Å². The van der Waals surface area contributed by atoms with Crippen LogP contribution in [0.15, 0.2) is 18.2 Å². The van der Waals surface area contributed by atoms with Crippen molar-refractivity contribution < 1.29 is 14.3 Å². The Balaban J connectivity index is 1.61. The summed E-state index contributed by atoms with van der Waals surface area (Å²) in [4.78, 5) is 14.5. The summed E-state index contributed by atoms with van der Waals surface area (Å²) in [5, 5.41) is 0.963. The number of hydrogen-bond acceptors (Lipinski definition) is 3. The van der Waals surface area contributed by atoms with Crippen molar-refractivity contribution in [2.75, 3.05) is 13.7 Å². The van der Waals surface area contributed by atoms with Gasteiger partial charge in [-0.15, -0.1) is 0 Å². The number of carbonyl (C=O) groups is 1. The summed E-state index contributed by atoms with van der Waals surface area (Å²) >= 11 is 11.9. The average molecular weight is 344 g/mol. The van der Waals surface area contributed by atoms with E-state index in [0.29, 0.717) is 15.8 Å². The molecule has 2 fully saturated rings. The molecule has 2 bridgehead atoms. The number of carbonyl (C=O) groups excluding carboxylic acids is 1. The van der Waals surface area contributed by atoms with Crippen LogP contribution in [0.5, 0.6) is 5.75 Å². The highest BCUT2D eigenvalue weighted by Gasteiger charge is 2.43. The fourth-order valence-corrected chi connectivity index (χ4v) is 4.00. The van der Waals surface area contributed by atoms with E-state index in [1.807, 2.05) is 4.90 Å². The molecule has 120 valence electrons. The molecule has 22 heavy (non-hydrogen) atoms.